The molecule has 0 aromatic carbocycles. The smallest absolute Gasteiger partial charge is 0 e. The second-order valence-corrected chi connectivity index (χ2v) is 1.56. The van der Waals surface area contributed by atoms with Crippen molar-refractivity contribution in [1.29, 1.82) is 0 Å². The van der Waals surface area contributed by atoms with E-state index in [1.54, 1.807) is 0 Å². The van der Waals surface area contributed by atoms with Crippen molar-refractivity contribution < 1.29 is 32.7 Å². The maximum absolute atomic E-state index is 3.39. The summed E-state index contributed by atoms with van der Waals surface area (Å²) in [5.41, 5.74) is 1.18. The molecule has 0 bridgehead atoms. The molecule has 0 saturated carbocycles. The molecule has 0 amide bonds. The number of rotatable bonds is 3. The largest absolute Gasteiger partial charge is 0.567 e. The van der Waals surface area contributed by atoms with Gasteiger partial charge < -0.3 is 17.6 Å². The van der Waals surface area contributed by atoms with Gasteiger partial charge >= 0.3 is 0 Å². The molecule has 0 saturated heterocycles. The predicted molar refractivity (Wildman–Crippen MR) is 35.0 cm³/mol. The van der Waals surface area contributed by atoms with E-state index in [1.807, 2.05) is 13.8 Å². The van der Waals surface area contributed by atoms with Gasteiger partial charge in [-0.05, 0) is 6.54 Å². The fraction of sp³-hybridized carbons (Fsp3) is 0.429. The predicted octanol–water partition coefficient (Wildman–Crippen LogP) is 1.29. The number of nitrogens with one attached hydrogen (secondary N) is 1. The molecule has 0 unspecified atom stereocenters. The fourth-order valence-electron chi connectivity index (χ4n) is 0.283. The van der Waals surface area contributed by atoms with Gasteiger partial charge in [0.15, 0.2) is 0 Å². The molecule has 0 aromatic heterocycles. The number of hydrogen-bond donors (Lipinski definition) is 1. The van der Waals surface area contributed by atoms with Crippen molar-refractivity contribution in [3.05, 3.63) is 24.4 Å². The van der Waals surface area contributed by atoms with Gasteiger partial charge in [-0.15, -0.1) is 0 Å². The van der Waals surface area contributed by atoms with Gasteiger partial charge in [0.1, 0.15) is 0 Å². The van der Waals surface area contributed by atoms with Crippen molar-refractivity contribution in [3.8, 4) is 0 Å². The molecule has 0 aliphatic carbocycles. The first-order valence-corrected chi connectivity index (χ1v) is 2.56. The van der Waals surface area contributed by atoms with Crippen LogP contribution in [0.4, 0.5) is 0 Å². The van der Waals surface area contributed by atoms with E-state index in [9.17, 15) is 0 Å². The van der Waals surface area contributed by atoms with Crippen LogP contribution in [0.15, 0.2) is 12.2 Å². The van der Waals surface area contributed by atoms with E-state index < -0.39 is 0 Å². The molecule has 9 heavy (non-hydrogen) atoms. The minimum atomic E-state index is 0. The standard InChI is InChI=1S/C7H11N.Y/c1-4-7(3)6-8-5-2;/h8H,2,6H2,1,3H3;/q-2;. The Kier molecular flexibility index (Phi) is 11.3. The summed E-state index contributed by atoms with van der Waals surface area (Å²) < 4.78 is 0. The van der Waals surface area contributed by atoms with Gasteiger partial charge in [0.2, 0.25) is 0 Å². The van der Waals surface area contributed by atoms with Gasteiger partial charge in [0.25, 0.3) is 0 Å². The zero-order valence-electron chi connectivity index (χ0n) is 5.99. The van der Waals surface area contributed by atoms with E-state index in [0.717, 1.165) is 6.54 Å². The van der Waals surface area contributed by atoms with E-state index in [0.29, 0.717) is 0 Å². The molecule has 1 radical (unpaired) electrons. The summed E-state index contributed by atoms with van der Waals surface area (Å²) in [5, 5.41) is 2.84. The fourth-order valence-corrected chi connectivity index (χ4v) is 0.283. The zero-order valence-corrected chi connectivity index (χ0v) is 8.83. The Morgan fingerprint density at radius 2 is 2.22 bits per heavy atom. The molecule has 1 nitrogen and oxygen atoms in total. The Labute approximate surface area is 82.5 Å². The molecule has 0 aromatic rings. The molecule has 2 heteroatoms. The van der Waals surface area contributed by atoms with Crippen LogP contribution in [-0.4, -0.2) is 6.54 Å². The van der Waals surface area contributed by atoms with Crippen LogP contribution in [0.3, 0.4) is 0 Å². The van der Waals surface area contributed by atoms with Crippen LogP contribution in [0.2, 0.25) is 0 Å². The van der Waals surface area contributed by atoms with Gasteiger partial charge in [-0.25, -0.2) is 5.57 Å². The zero-order chi connectivity index (χ0) is 6.41. The van der Waals surface area contributed by atoms with Crippen LogP contribution in [-0.2, 0) is 32.7 Å². The van der Waals surface area contributed by atoms with E-state index in [2.05, 4.69) is 24.2 Å². The maximum atomic E-state index is 3.39. The van der Waals surface area contributed by atoms with Crippen molar-refractivity contribution in [2.24, 2.45) is 0 Å². The van der Waals surface area contributed by atoms with Gasteiger partial charge in [-0.1, -0.05) is 6.92 Å². The first-order chi connectivity index (χ1) is 3.81. The number of allylic oxidation sites excluding steroid dienone is 1. The summed E-state index contributed by atoms with van der Waals surface area (Å²) in [4.78, 5) is 0. The molecule has 0 spiro atoms. The van der Waals surface area contributed by atoms with Crippen LogP contribution in [0, 0.1) is 12.3 Å². The first-order valence-electron chi connectivity index (χ1n) is 2.56. The SMILES string of the molecule is C=[C-]NCC(C)=[C-]C.[Y]. The minimum absolute atomic E-state index is 0. The summed E-state index contributed by atoms with van der Waals surface area (Å²) in [6.45, 7) is 8.09. The van der Waals surface area contributed by atoms with E-state index in [4.69, 9.17) is 0 Å². The average molecular weight is 198 g/mol. The molecular formula is C7H11NY-2. The summed E-state index contributed by atoms with van der Waals surface area (Å²) in [5.74, 6) is 0. The topological polar surface area (TPSA) is 12.0 Å². The molecule has 0 atom stereocenters. The summed E-state index contributed by atoms with van der Waals surface area (Å²) in [6.07, 6.45) is 5.56. The molecule has 0 aliphatic heterocycles. The molecule has 49 valence electrons. The third kappa shape index (κ3) is 8.38. The Bertz CT molecular complexity index is 97.1. The van der Waals surface area contributed by atoms with Gasteiger partial charge in [0.05, 0.1) is 0 Å². The van der Waals surface area contributed by atoms with E-state index in [1.165, 1.54) is 5.57 Å². The second-order valence-electron chi connectivity index (χ2n) is 1.56. The van der Waals surface area contributed by atoms with Crippen molar-refractivity contribution in [3.63, 3.8) is 0 Å². The van der Waals surface area contributed by atoms with Crippen molar-refractivity contribution in [2.45, 2.75) is 13.8 Å². The Morgan fingerprint density at radius 1 is 1.67 bits per heavy atom. The monoisotopic (exact) mass is 198 g/mol. The second kappa shape index (κ2) is 8.38. The minimum Gasteiger partial charge on any atom is -0.567 e. The van der Waals surface area contributed by atoms with E-state index >= 15 is 0 Å². The van der Waals surface area contributed by atoms with Gasteiger partial charge in [0, 0.05) is 32.7 Å². The van der Waals surface area contributed by atoms with Crippen LogP contribution in [0.1, 0.15) is 13.8 Å². The average Bonchev–Trinajstić information content (AvgIpc) is 1.83. The van der Waals surface area contributed by atoms with Crippen molar-refractivity contribution in [1.82, 2.24) is 5.32 Å². The summed E-state index contributed by atoms with van der Waals surface area (Å²) in [7, 11) is 0. The van der Waals surface area contributed by atoms with Crippen LogP contribution in [0.5, 0.6) is 0 Å². The van der Waals surface area contributed by atoms with Crippen molar-refractivity contribution in [2.75, 3.05) is 6.54 Å². The van der Waals surface area contributed by atoms with Crippen LogP contribution in [0.25, 0.3) is 0 Å². The molecule has 0 rings (SSSR count). The third-order valence-corrected chi connectivity index (χ3v) is 0.905. The first kappa shape index (κ1) is 12.1. The van der Waals surface area contributed by atoms with Gasteiger partial charge in [-0.2, -0.15) is 6.92 Å². The quantitative estimate of drug-likeness (QED) is 0.532. The van der Waals surface area contributed by atoms with Crippen molar-refractivity contribution >= 4 is 0 Å². The molecular weight excluding hydrogens is 187 g/mol. The van der Waals surface area contributed by atoms with Crippen LogP contribution >= 0.6 is 0 Å². The Morgan fingerprint density at radius 3 is 2.56 bits per heavy atom. The Balaban J connectivity index is 0. The van der Waals surface area contributed by atoms with E-state index in [-0.39, 0.29) is 32.7 Å². The summed E-state index contributed by atoms with van der Waals surface area (Å²) >= 11 is 0. The molecule has 0 aliphatic rings. The molecule has 0 heterocycles. The maximum Gasteiger partial charge on any atom is 0 e. The summed E-state index contributed by atoms with van der Waals surface area (Å²) in [6, 6.07) is 0. The van der Waals surface area contributed by atoms with Crippen LogP contribution < -0.4 is 5.32 Å². The molecule has 1 N–H and O–H groups in total. The normalized spacial score (nSPS) is 9.78. The molecule has 0 fully saturated rings. The number of hydrogen-bond acceptors (Lipinski definition) is 1. The Hall–Kier alpha value is 0.384. The van der Waals surface area contributed by atoms with Gasteiger partial charge in [-0.3, -0.25) is 6.58 Å². The third-order valence-electron chi connectivity index (χ3n) is 0.905.